The molecule has 0 atom stereocenters. The molecule has 0 heterocycles. The first-order valence-corrected chi connectivity index (χ1v) is 9.14. The first kappa shape index (κ1) is 19.4. The fourth-order valence-corrected chi connectivity index (χ4v) is 2.46. The normalized spacial score (nSPS) is 10.4. The standard InChI is InChI=1S/C15H20N6O2S/c1-4-21(8-7-18-24(3,22)23)14-5-6-15(12(2)9-14)20-19-13(10-16)11-17/h5-6,9,18,20H,4,7-8H2,1-3H3. The van der Waals surface area contributed by atoms with Gasteiger partial charge in [-0.3, -0.25) is 5.43 Å². The minimum absolute atomic E-state index is 0.250. The van der Waals surface area contributed by atoms with Crippen molar-refractivity contribution in [3.05, 3.63) is 23.8 Å². The van der Waals surface area contributed by atoms with E-state index in [2.05, 4.69) is 15.2 Å². The van der Waals surface area contributed by atoms with Crippen LogP contribution in [-0.4, -0.2) is 40.0 Å². The van der Waals surface area contributed by atoms with Crippen molar-refractivity contribution < 1.29 is 8.42 Å². The van der Waals surface area contributed by atoms with Gasteiger partial charge in [0.15, 0.2) is 0 Å². The van der Waals surface area contributed by atoms with E-state index < -0.39 is 10.0 Å². The van der Waals surface area contributed by atoms with Crippen molar-refractivity contribution in [1.82, 2.24) is 4.72 Å². The van der Waals surface area contributed by atoms with Crippen LogP contribution < -0.4 is 15.0 Å². The summed E-state index contributed by atoms with van der Waals surface area (Å²) in [6, 6.07) is 8.95. The Morgan fingerprint density at radius 1 is 1.33 bits per heavy atom. The number of nitriles is 2. The zero-order valence-electron chi connectivity index (χ0n) is 13.9. The highest BCUT2D eigenvalue weighted by molar-refractivity contribution is 7.88. The summed E-state index contributed by atoms with van der Waals surface area (Å²) in [4.78, 5) is 2.04. The number of hydrogen-bond acceptors (Lipinski definition) is 7. The summed E-state index contributed by atoms with van der Waals surface area (Å²) in [5.41, 5.74) is 4.97. The molecule has 0 saturated heterocycles. The lowest BCUT2D eigenvalue weighted by molar-refractivity contribution is 0.587. The minimum atomic E-state index is -3.20. The number of likely N-dealkylation sites (N-methyl/N-ethyl adjacent to an activating group) is 1. The highest BCUT2D eigenvalue weighted by Gasteiger charge is 2.08. The van der Waals surface area contributed by atoms with Crippen molar-refractivity contribution >= 4 is 27.1 Å². The van der Waals surface area contributed by atoms with Gasteiger partial charge in [0, 0.05) is 25.3 Å². The Kier molecular flexibility index (Phi) is 7.18. The molecule has 0 saturated carbocycles. The Hall–Kier alpha value is -2.62. The fraction of sp³-hybridized carbons (Fsp3) is 0.400. The van der Waals surface area contributed by atoms with Crippen LogP contribution in [-0.2, 0) is 10.0 Å². The molecule has 0 bridgehead atoms. The van der Waals surface area contributed by atoms with Crippen molar-refractivity contribution in [2.24, 2.45) is 5.10 Å². The third-order valence-corrected chi connectivity index (χ3v) is 3.93. The highest BCUT2D eigenvalue weighted by atomic mass is 32.2. The SMILES string of the molecule is CCN(CCNS(C)(=O)=O)c1ccc(NN=C(C#N)C#N)c(C)c1. The molecule has 0 fully saturated rings. The summed E-state index contributed by atoms with van der Waals surface area (Å²) in [5, 5.41) is 21.0. The van der Waals surface area contributed by atoms with Crippen LogP contribution >= 0.6 is 0 Å². The monoisotopic (exact) mass is 348 g/mol. The maximum atomic E-state index is 11.1. The molecular formula is C15H20N6O2S. The van der Waals surface area contributed by atoms with Crippen LogP contribution in [0.25, 0.3) is 0 Å². The third-order valence-electron chi connectivity index (χ3n) is 3.20. The van der Waals surface area contributed by atoms with Gasteiger partial charge in [-0.05, 0) is 37.6 Å². The van der Waals surface area contributed by atoms with Crippen LogP contribution in [0.2, 0.25) is 0 Å². The lowest BCUT2D eigenvalue weighted by atomic mass is 10.1. The summed E-state index contributed by atoms with van der Waals surface area (Å²) >= 11 is 0. The first-order valence-electron chi connectivity index (χ1n) is 7.24. The van der Waals surface area contributed by atoms with Crippen molar-refractivity contribution in [3.63, 3.8) is 0 Å². The second kappa shape index (κ2) is 8.87. The Bertz CT molecular complexity index is 773. The number of anilines is 2. The van der Waals surface area contributed by atoms with Gasteiger partial charge in [0.05, 0.1) is 11.9 Å². The molecule has 8 nitrogen and oxygen atoms in total. The topological polar surface area (TPSA) is 121 Å². The van der Waals surface area contributed by atoms with Gasteiger partial charge in [0.1, 0.15) is 12.1 Å². The predicted molar refractivity (Wildman–Crippen MR) is 94.2 cm³/mol. The quantitative estimate of drug-likeness (QED) is 0.537. The smallest absolute Gasteiger partial charge is 0.237 e. The molecule has 24 heavy (non-hydrogen) atoms. The second-order valence-corrected chi connectivity index (χ2v) is 6.87. The summed E-state index contributed by atoms with van der Waals surface area (Å²) in [6.07, 6.45) is 1.13. The van der Waals surface area contributed by atoms with Gasteiger partial charge in [0.25, 0.3) is 0 Å². The van der Waals surface area contributed by atoms with Gasteiger partial charge in [-0.25, -0.2) is 13.1 Å². The number of rotatable bonds is 8. The van der Waals surface area contributed by atoms with Gasteiger partial charge in [0.2, 0.25) is 15.7 Å². The minimum Gasteiger partial charge on any atom is -0.370 e. The molecule has 2 N–H and O–H groups in total. The molecule has 0 radical (unpaired) electrons. The number of benzene rings is 1. The van der Waals surface area contributed by atoms with E-state index in [9.17, 15) is 8.42 Å². The van der Waals surface area contributed by atoms with Crippen molar-refractivity contribution in [2.75, 3.05) is 36.2 Å². The van der Waals surface area contributed by atoms with E-state index >= 15 is 0 Å². The summed E-state index contributed by atoms with van der Waals surface area (Å²) in [5.74, 6) is 0. The Morgan fingerprint density at radius 3 is 2.50 bits per heavy atom. The average molecular weight is 348 g/mol. The van der Waals surface area contributed by atoms with E-state index in [1.54, 1.807) is 18.2 Å². The van der Waals surface area contributed by atoms with E-state index in [4.69, 9.17) is 10.5 Å². The molecule has 0 unspecified atom stereocenters. The molecule has 1 aromatic carbocycles. The average Bonchev–Trinajstić information content (AvgIpc) is 2.53. The molecule has 128 valence electrons. The maximum absolute atomic E-state index is 11.1. The summed E-state index contributed by atoms with van der Waals surface area (Å²) in [6.45, 7) is 5.45. The van der Waals surface area contributed by atoms with Crippen molar-refractivity contribution in [1.29, 1.82) is 10.5 Å². The van der Waals surface area contributed by atoms with E-state index in [1.165, 1.54) is 0 Å². The Balaban J connectivity index is 2.83. The fourth-order valence-electron chi connectivity index (χ4n) is 2.00. The van der Waals surface area contributed by atoms with Crippen LogP contribution in [0.5, 0.6) is 0 Å². The molecule has 0 aliphatic rings. The van der Waals surface area contributed by atoms with Gasteiger partial charge >= 0.3 is 0 Å². The first-order chi connectivity index (χ1) is 11.3. The third kappa shape index (κ3) is 6.24. The zero-order chi connectivity index (χ0) is 18.2. The molecule has 0 amide bonds. The molecule has 9 heteroatoms. The largest absolute Gasteiger partial charge is 0.370 e. The van der Waals surface area contributed by atoms with Crippen LogP contribution in [0.4, 0.5) is 11.4 Å². The Morgan fingerprint density at radius 2 is 2.00 bits per heavy atom. The number of nitrogens with one attached hydrogen (secondary N) is 2. The zero-order valence-corrected chi connectivity index (χ0v) is 14.7. The van der Waals surface area contributed by atoms with Gasteiger partial charge < -0.3 is 4.90 Å². The van der Waals surface area contributed by atoms with Gasteiger partial charge in [-0.15, -0.1) is 0 Å². The number of aryl methyl sites for hydroxylation is 1. The lowest BCUT2D eigenvalue weighted by Crippen LogP contribution is -2.34. The van der Waals surface area contributed by atoms with E-state index in [1.807, 2.05) is 30.9 Å². The molecule has 0 aromatic heterocycles. The highest BCUT2D eigenvalue weighted by Crippen LogP contribution is 2.22. The Labute approximate surface area is 142 Å². The molecule has 0 aliphatic carbocycles. The van der Waals surface area contributed by atoms with E-state index in [0.29, 0.717) is 18.8 Å². The number of hydrogen-bond donors (Lipinski definition) is 2. The van der Waals surface area contributed by atoms with Gasteiger partial charge in [-0.1, -0.05) is 0 Å². The molecule has 1 aromatic rings. The molecule has 0 spiro atoms. The maximum Gasteiger partial charge on any atom is 0.237 e. The van der Waals surface area contributed by atoms with Crippen molar-refractivity contribution in [3.8, 4) is 12.1 Å². The molecular weight excluding hydrogens is 328 g/mol. The second-order valence-electron chi connectivity index (χ2n) is 5.04. The van der Waals surface area contributed by atoms with E-state index in [0.717, 1.165) is 24.1 Å². The van der Waals surface area contributed by atoms with Crippen LogP contribution in [0.15, 0.2) is 23.3 Å². The van der Waals surface area contributed by atoms with Crippen LogP contribution in [0, 0.1) is 29.6 Å². The molecule has 1 rings (SSSR count). The number of hydrazone groups is 1. The van der Waals surface area contributed by atoms with Crippen LogP contribution in [0.3, 0.4) is 0 Å². The van der Waals surface area contributed by atoms with E-state index in [-0.39, 0.29) is 5.71 Å². The molecule has 0 aliphatic heterocycles. The predicted octanol–water partition coefficient (Wildman–Crippen LogP) is 1.19. The van der Waals surface area contributed by atoms with Crippen molar-refractivity contribution in [2.45, 2.75) is 13.8 Å². The summed E-state index contributed by atoms with van der Waals surface area (Å²) < 4.78 is 24.7. The van der Waals surface area contributed by atoms with Crippen LogP contribution in [0.1, 0.15) is 12.5 Å². The van der Waals surface area contributed by atoms with Gasteiger partial charge in [-0.2, -0.15) is 15.6 Å². The lowest BCUT2D eigenvalue weighted by Gasteiger charge is -2.24. The number of sulfonamides is 1. The summed E-state index contributed by atoms with van der Waals surface area (Å²) in [7, 11) is -3.20. The number of nitrogens with zero attached hydrogens (tertiary/aromatic N) is 4.